The molecule has 0 fully saturated rings. The van der Waals surface area contributed by atoms with Gasteiger partial charge in [0.2, 0.25) is 0 Å². The molecule has 3 rings (SSSR count). The first-order valence-corrected chi connectivity index (χ1v) is 6.85. The molecule has 78 valence electrons. The second-order valence-corrected chi connectivity index (χ2v) is 7.34. The van der Waals surface area contributed by atoms with Crippen LogP contribution >= 0.6 is 22.7 Å². The van der Waals surface area contributed by atoms with Crippen LogP contribution in [0.1, 0.15) is 33.4 Å². The SMILES string of the molecule is Cc1cc2c(s1)C(C)(C)c1sc(C)cc1-2. The highest BCUT2D eigenvalue weighted by atomic mass is 32.1. The number of fused-ring (bicyclic) bond motifs is 3. The lowest BCUT2D eigenvalue weighted by molar-refractivity contribution is 0.689. The summed E-state index contributed by atoms with van der Waals surface area (Å²) in [4.78, 5) is 5.98. The summed E-state index contributed by atoms with van der Waals surface area (Å²) in [5, 5.41) is 0. The summed E-state index contributed by atoms with van der Waals surface area (Å²) in [5.41, 5.74) is 3.21. The van der Waals surface area contributed by atoms with Gasteiger partial charge in [-0.2, -0.15) is 0 Å². The van der Waals surface area contributed by atoms with E-state index in [0.717, 1.165) is 0 Å². The Morgan fingerprint density at radius 3 is 1.67 bits per heavy atom. The molecule has 0 amide bonds. The molecule has 0 radical (unpaired) electrons. The van der Waals surface area contributed by atoms with Crippen molar-refractivity contribution in [2.45, 2.75) is 33.1 Å². The summed E-state index contributed by atoms with van der Waals surface area (Å²) >= 11 is 3.92. The van der Waals surface area contributed by atoms with Gasteiger partial charge < -0.3 is 0 Å². The molecule has 0 aromatic carbocycles. The molecule has 0 N–H and O–H groups in total. The summed E-state index contributed by atoms with van der Waals surface area (Å²) in [7, 11) is 0. The van der Waals surface area contributed by atoms with Crippen LogP contribution in [0.4, 0.5) is 0 Å². The van der Waals surface area contributed by atoms with Gasteiger partial charge in [-0.25, -0.2) is 0 Å². The van der Waals surface area contributed by atoms with Crippen molar-refractivity contribution in [1.82, 2.24) is 0 Å². The molecule has 0 saturated carbocycles. The molecule has 0 spiro atoms. The van der Waals surface area contributed by atoms with Crippen LogP contribution in [-0.2, 0) is 5.41 Å². The minimum Gasteiger partial charge on any atom is -0.144 e. The molecule has 0 atom stereocenters. The minimum atomic E-state index is 0.239. The van der Waals surface area contributed by atoms with E-state index in [0.29, 0.717) is 0 Å². The Labute approximate surface area is 98.6 Å². The Morgan fingerprint density at radius 1 is 0.867 bits per heavy atom. The van der Waals surface area contributed by atoms with Gasteiger partial charge in [0.15, 0.2) is 0 Å². The van der Waals surface area contributed by atoms with Gasteiger partial charge in [0.25, 0.3) is 0 Å². The first-order valence-electron chi connectivity index (χ1n) is 5.22. The third-order valence-corrected chi connectivity index (χ3v) is 5.88. The number of hydrogen-bond acceptors (Lipinski definition) is 2. The molecule has 0 aliphatic heterocycles. The summed E-state index contributed by atoms with van der Waals surface area (Å²) in [5.74, 6) is 0. The molecule has 1 aliphatic rings. The fraction of sp³-hybridized carbons (Fsp3) is 0.385. The molecule has 2 heteroatoms. The van der Waals surface area contributed by atoms with Gasteiger partial charge in [-0.05, 0) is 37.1 Å². The normalized spacial score (nSPS) is 16.5. The Balaban J connectivity index is 2.38. The third-order valence-electron chi connectivity index (χ3n) is 3.14. The first kappa shape index (κ1) is 9.61. The second kappa shape index (κ2) is 2.74. The van der Waals surface area contributed by atoms with E-state index in [2.05, 4.69) is 39.8 Å². The van der Waals surface area contributed by atoms with E-state index in [1.807, 2.05) is 22.7 Å². The molecule has 2 aromatic rings. The zero-order chi connectivity index (χ0) is 10.8. The zero-order valence-corrected chi connectivity index (χ0v) is 11.1. The average Bonchev–Trinajstić information content (AvgIpc) is 2.72. The van der Waals surface area contributed by atoms with Crippen LogP contribution in [0.3, 0.4) is 0 Å². The molecule has 1 aliphatic carbocycles. The van der Waals surface area contributed by atoms with Crippen LogP contribution in [0.15, 0.2) is 12.1 Å². The predicted molar refractivity (Wildman–Crippen MR) is 69.2 cm³/mol. The molecule has 0 unspecified atom stereocenters. The highest BCUT2D eigenvalue weighted by molar-refractivity contribution is 7.15. The van der Waals surface area contributed by atoms with Crippen molar-refractivity contribution >= 4 is 22.7 Å². The molecule has 0 bridgehead atoms. The topological polar surface area (TPSA) is 0 Å². The number of hydrogen-bond donors (Lipinski definition) is 0. The van der Waals surface area contributed by atoms with Crippen molar-refractivity contribution in [2.24, 2.45) is 0 Å². The summed E-state index contributed by atoms with van der Waals surface area (Å²) in [6.45, 7) is 9.11. The van der Waals surface area contributed by atoms with Crippen LogP contribution < -0.4 is 0 Å². The van der Waals surface area contributed by atoms with Crippen LogP contribution in [0.5, 0.6) is 0 Å². The van der Waals surface area contributed by atoms with Crippen LogP contribution in [0.25, 0.3) is 11.1 Å². The minimum absolute atomic E-state index is 0.239. The van der Waals surface area contributed by atoms with E-state index in [4.69, 9.17) is 0 Å². The van der Waals surface area contributed by atoms with Crippen molar-refractivity contribution in [3.63, 3.8) is 0 Å². The molecule has 0 nitrogen and oxygen atoms in total. The van der Waals surface area contributed by atoms with Gasteiger partial charge in [0, 0.05) is 24.9 Å². The maximum Gasteiger partial charge on any atom is 0.0346 e. The van der Waals surface area contributed by atoms with E-state index in [-0.39, 0.29) is 5.41 Å². The molecular weight excluding hydrogens is 220 g/mol. The van der Waals surface area contributed by atoms with E-state index in [1.165, 1.54) is 20.9 Å². The van der Waals surface area contributed by atoms with Crippen molar-refractivity contribution in [3.05, 3.63) is 31.6 Å². The van der Waals surface area contributed by atoms with Crippen molar-refractivity contribution in [1.29, 1.82) is 0 Å². The average molecular weight is 234 g/mol. The number of thiophene rings is 2. The Hall–Kier alpha value is -0.600. The van der Waals surface area contributed by atoms with E-state index < -0.39 is 0 Å². The Morgan fingerprint density at radius 2 is 1.27 bits per heavy atom. The fourth-order valence-electron chi connectivity index (χ4n) is 2.46. The van der Waals surface area contributed by atoms with Crippen LogP contribution in [-0.4, -0.2) is 0 Å². The van der Waals surface area contributed by atoms with Gasteiger partial charge >= 0.3 is 0 Å². The third kappa shape index (κ3) is 1.12. The largest absolute Gasteiger partial charge is 0.144 e. The van der Waals surface area contributed by atoms with Crippen molar-refractivity contribution in [3.8, 4) is 11.1 Å². The highest BCUT2D eigenvalue weighted by Crippen LogP contribution is 2.55. The standard InChI is InChI=1S/C13H14S2/c1-7-5-9-10-6-8(2)15-12(10)13(3,4)11(9)14-7/h5-6H,1-4H3. The zero-order valence-electron chi connectivity index (χ0n) is 9.47. The van der Waals surface area contributed by atoms with E-state index in [9.17, 15) is 0 Å². The molecule has 0 saturated heterocycles. The maximum atomic E-state index is 2.35. The smallest absolute Gasteiger partial charge is 0.0346 e. The second-order valence-electron chi connectivity index (χ2n) is 4.82. The quantitative estimate of drug-likeness (QED) is 0.618. The van der Waals surface area contributed by atoms with Crippen molar-refractivity contribution in [2.75, 3.05) is 0 Å². The lowest BCUT2D eigenvalue weighted by atomic mass is 9.94. The molecule has 2 aromatic heterocycles. The molecular formula is C13H14S2. The summed E-state index contributed by atoms with van der Waals surface area (Å²) in [6.07, 6.45) is 0. The van der Waals surface area contributed by atoms with Gasteiger partial charge in [0.05, 0.1) is 0 Å². The Bertz CT molecular complexity index is 493. The first-order chi connectivity index (χ1) is 7.00. The van der Waals surface area contributed by atoms with Gasteiger partial charge in [0.1, 0.15) is 0 Å². The van der Waals surface area contributed by atoms with Crippen LogP contribution in [0.2, 0.25) is 0 Å². The number of rotatable bonds is 0. The lowest BCUT2D eigenvalue weighted by Gasteiger charge is -2.17. The molecule has 2 heterocycles. The van der Waals surface area contributed by atoms with Gasteiger partial charge in [-0.15, -0.1) is 22.7 Å². The van der Waals surface area contributed by atoms with Crippen molar-refractivity contribution < 1.29 is 0 Å². The molecule has 15 heavy (non-hydrogen) atoms. The summed E-state index contributed by atoms with van der Waals surface area (Å²) < 4.78 is 0. The summed E-state index contributed by atoms with van der Waals surface area (Å²) in [6, 6.07) is 4.69. The Kier molecular flexibility index (Phi) is 1.76. The van der Waals surface area contributed by atoms with E-state index in [1.54, 1.807) is 9.75 Å². The lowest BCUT2D eigenvalue weighted by Crippen LogP contribution is -2.11. The number of aryl methyl sites for hydroxylation is 2. The highest BCUT2D eigenvalue weighted by Gasteiger charge is 2.38. The van der Waals surface area contributed by atoms with Gasteiger partial charge in [-0.3, -0.25) is 0 Å². The fourth-order valence-corrected chi connectivity index (χ4v) is 4.79. The maximum absolute atomic E-state index is 2.35. The van der Waals surface area contributed by atoms with E-state index >= 15 is 0 Å². The predicted octanol–water partition coefficient (Wildman–Crippen LogP) is 4.73. The monoisotopic (exact) mass is 234 g/mol. The van der Waals surface area contributed by atoms with Gasteiger partial charge in [-0.1, -0.05) is 13.8 Å². The van der Waals surface area contributed by atoms with Crippen LogP contribution in [0, 0.1) is 13.8 Å².